The first kappa shape index (κ1) is 30.3. The van der Waals surface area contributed by atoms with Crippen molar-refractivity contribution in [2.24, 2.45) is 5.73 Å². The molecule has 3 N–H and O–H groups in total. The van der Waals surface area contributed by atoms with Crippen LogP contribution in [0.5, 0.6) is 11.5 Å². The van der Waals surface area contributed by atoms with E-state index in [-0.39, 0.29) is 33.2 Å². The lowest BCUT2D eigenvalue weighted by Gasteiger charge is -2.32. The molecule has 0 radical (unpaired) electrons. The molecule has 3 rings (SSSR count). The van der Waals surface area contributed by atoms with Gasteiger partial charge >= 0.3 is 6.18 Å². The van der Waals surface area contributed by atoms with Gasteiger partial charge in [-0.1, -0.05) is 11.6 Å². The highest BCUT2D eigenvalue weighted by Gasteiger charge is 2.56. The molecule has 0 aliphatic rings. The number of hydrogen-bond acceptors (Lipinski definition) is 6. The summed E-state index contributed by atoms with van der Waals surface area (Å²) in [6.45, 7) is 5.26. The third-order valence-corrected chi connectivity index (χ3v) is 6.47. The predicted octanol–water partition coefficient (Wildman–Crippen LogP) is 6.56. The summed E-state index contributed by atoms with van der Waals surface area (Å²) in [5.41, 5.74) is 1.34. The third kappa shape index (κ3) is 6.69. The number of methoxy groups -OCH3 is 1. The van der Waals surface area contributed by atoms with E-state index in [1.54, 1.807) is 20.8 Å². The van der Waals surface area contributed by atoms with Gasteiger partial charge in [-0.05, 0) is 81.3 Å². The number of aromatic nitrogens is 1. The number of carbonyl (C=O) groups excluding carboxylic acids is 1. The van der Waals surface area contributed by atoms with Crippen LogP contribution in [-0.2, 0) is 11.1 Å². The molecule has 0 spiro atoms. The van der Waals surface area contributed by atoms with E-state index < -0.39 is 47.5 Å². The first-order chi connectivity index (χ1) is 18.1. The molecule has 0 aliphatic carbocycles. The minimum atomic E-state index is -5.20. The van der Waals surface area contributed by atoms with E-state index in [2.05, 4.69) is 4.98 Å². The molecule has 2 aromatic carbocycles. The predicted molar refractivity (Wildman–Crippen MR) is 140 cm³/mol. The minimum absolute atomic E-state index is 0.00632. The summed E-state index contributed by atoms with van der Waals surface area (Å²) in [6, 6.07) is 10.3. The lowest BCUT2D eigenvalue weighted by Crippen LogP contribution is -2.44. The van der Waals surface area contributed by atoms with Crippen LogP contribution in [0.4, 0.5) is 17.6 Å². The second-order valence-electron chi connectivity index (χ2n) is 9.56. The van der Waals surface area contributed by atoms with Gasteiger partial charge in [-0.25, -0.2) is 9.37 Å². The molecule has 0 saturated carbocycles. The number of hydrogen-bond donors (Lipinski definition) is 2. The Morgan fingerprint density at radius 2 is 1.77 bits per heavy atom. The van der Waals surface area contributed by atoms with Crippen LogP contribution in [-0.4, -0.2) is 35.8 Å². The number of nitrogens with two attached hydrogens (primary N) is 1. The number of rotatable bonds is 10. The Morgan fingerprint density at radius 3 is 2.33 bits per heavy atom. The van der Waals surface area contributed by atoms with Crippen molar-refractivity contribution in [2.45, 2.75) is 50.9 Å². The van der Waals surface area contributed by atoms with Gasteiger partial charge in [0.15, 0.2) is 17.3 Å². The van der Waals surface area contributed by atoms with Crippen molar-refractivity contribution in [1.29, 1.82) is 0 Å². The number of alkyl halides is 3. The number of ether oxygens (including phenoxy) is 2. The Morgan fingerprint density at radius 1 is 1.08 bits per heavy atom. The summed E-state index contributed by atoms with van der Waals surface area (Å²) < 4.78 is 67.7. The van der Waals surface area contributed by atoms with Crippen LogP contribution in [0.3, 0.4) is 0 Å². The summed E-state index contributed by atoms with van der Waals surface area (Å²) in [5, 5.41) is 10.8. The molecule has 3 aromatic rings. The maximum Gasteiger partial charge on any atom is 0.422 e. The van der Waals surface area contributed by atoms with Crippen molar-refractivity contribution >= 4 is 17.4 Å². The highest BCUT2D eigenvalue weighted by molar-refractivity contribution is 6.31. The second-order valence-corrected chi connectivity index (χ2v) is 9.96. The van der Waals surface area contributed by atoms with E-state index in [1.165, 1.54) is 43.5 Å². The number of nitrogens with zero attached hydrogens (tertiary/aromatic N) is 1. The van der Waals surface area contributed by atoms with Gasteiger partial charge < -0.3 is 20.3 Å². The van der Waals surface area contributed by atoms with Crippen LogP contribution in [0.15, 0.2) is 48.5 Å². The quantitative estimate of drug-likeness (QED) is 0.213. The Hall–Kier alpha value is -3.21. The topological polar surface area (TPSA) is 94.7 Å². The Balaban J connectivity index is 2.05. The van der Waals surface area contributed by atoms with E-state index >= 15 is 0 Å². The van der Waals surface area contributed by atoms with Crippen molar-refractivity contribution in [1.82, 2.24) is 4.98 Å². The molecular weight excluding hydrogens is 540 g/mol. The molecule has 0 fully saturated rings. The van der Waals surface area contributed by atoms with Crippen LogP contribution < -0.4 is 15.2 Å². The molecule has 39 heavy (non-hydrogen) atoms. The van der Waals surface area contributed by atoms with E-state index in [0.29, 0.717) is 12.4 Å². The molecule has 1 unspecified atom stereocenters. The minimum Gasteiger partial charge on any atom is -0.493 e. The molecule has 0 amide bonds. The largest absolute Gasteiger partial charge is 0.493 e. The number of ketones is 1. The third-order valence-electron chi connectivity index (χ3n) is 6.18. The second kappa shape index (κ2) is 11.5. The zero-order chi connectivity index (χ0) is 29.2. The number of pyridine rings is 1. The van der Waals surface area contributed by atoms with E-state index in [9.17, 15) is 27.5 Å². The highest BCUT2D eigenvalue weighted by Crippen LogP contribution is 2.44. The average molecular weight is 569 g/mol. The van der Waals surface area contributed by atoms with Crippen LogP contribution in [0, 0.1) is 5.82 Å². The first-order valence-electron chi connectivity index (χ1n) is 12.0. The molecule has 0 bridgehead atoms. The van der Waals surface area contributed by atoms with E-state index in [0.717, 1.165) is 12.1 Å². The first-order valence-corrected chi connectivity index (χ1v) is 12.4. The van der Waals surface area contributed by atoms with Gasteiger partial charge in [0.05, 0.1) is 30.1 Å². The lowest BCUT2D eigenvalue weighted by atomic mass is 9.86. The van der Waals surface area contributed by atoms with Crippen LogP contribution >= 0.6 is 11.6 Å². The van der Waals surface area contributed by atoms with Gasteiger partial charge in [0.2, 0.25) is 5.60 Å². The van der Waals surface area contributed by atoms with Gasteiger partial charge in [-0.15, -0.1) is 0 Å². The van der Waals surface area contributed by atoms with E-state index in [1.807, 2.05) is 0 Å². The number of benzene rings is 2. The fourth-order valence-electron chi connectivity index (χ4n) is 3.89. The summed E-state index contributed by atoms with van der Waals surface area (Å²) >= 11 is 5.88. The van der Waals surface area contributed by atoms with Crippen molar-refractivity contribution in [3.63, 3.8) is 0 Å². The Labute approximate surface area is 228 Å². The standard InChI is InChI=1S/C28H29ClF4N2O4/c1-5-39-23-9-7-17(13-24(23)38-4)22(36)10-11-27(37,28(31,32)33)25-15-18(26(2,3)34)14-21(35-25)16-6-8-20(30)19(29)12-16/h6-9,12-15,37H,5,10-11,34H2,1-4H3. The van der Waals surface area contributed by atoms with Crippen molar-refractivity contribution < 1.29 is 36.9 Å². The van der Waals surface area contributed by atoms with Crippen molar-refractivity contribution in [2.75, 3.05) is 13.7 Å². The van der Waals surface area contributed by atoms with Gasteiger partial charge in [0.1, 0.15) is 5.82 Å². The number of halogens is 5. The van der Waals surface area contributed by atoms with Crippen LogP contribution in [0.2, 0.25) is 5.02 Å². The highest BCUT2D eigenvalue weighted by atomic mass is 35.5. The Bertz CT molecular complexity index is 1360. The molecule has 1 atom stereocenters. The number of aliphatic hydroxyl groups is 1. The molecule has 0 aliphatic heterocycles. The maximum atomic E-state index is 14.4. The van der Waals surface area contributed by atoms with Crippen molar-refractivity contribution in [3.8, 4) is 22.8 Å². The smallest absolute Gasteiger partial charge is 0.422 e. The molecule has 6 nitrogen and oxygen atoms in total. The monoisotopic (exact) mass is 568 g/mol. The molecule has 1 heterocycles. The van der Waals surface area contributed by atoms with Gasteiger partial charge in [0, 0.05) is 23.1 Å². The fraction of sp³-hybridized carbons (Fsp3) is 0.357. The van der Waals surface area contributed by atoms with E-state index in [4.69, 9.17) is 26.8 Å². The number of carbonyl (C=O) groups is 1. The van der Waals surface area contributed by atoms with Crippen LogP contribution in [0.1, 0.15) is 55.2 Å². The Kier molecular flexibility index (Phi) is 8.94. The summed E-state index contributed by atoms with van der Waals surface area (Å²) in [6.07, 6.45) is -6.88. The van der Waals surface area contributed by atoms with Crippen LogP contribution in [0.25, 0.3) is 11.3 Å². The zero-order valence-corrected chi connectivity index (χ0v) is 22.6. The maximum absolute atomic E-state index is 14.4. The van der Waals surface area contributed by atoms with Gasteiger partial charge in [-0.2, -0.15) is 13.2 Å². The zero-order valence-electron chi connectivity index (χ0n) is 21.8. The molecule has 0 saturated heterocycles. The van der Waals surface area contributed by atoms with Gasteiger partial charge in [-0.3, -0.25) is 4.79 Å². The summed E-state index contributed by atoms with van der Waals surface area (Å²) in [7, 11) is 1.37. The molecular formula is C28H29ClF4N2O4. The van der Waals surface area contributed by atoms with Crippen molar-refractivity contribution in [3.05, 3.63) is 76.2 Å². The van der Waals surface area contributed by atoms with Gasteiger partial charge in [0.25, 0.3) is 0 Å². The molecule has 11 heteroatoms. The number of Topliss-reactive ketones (excluding diaryl/α,β-unsaturated/α-hetero) is 1. The average Bonchev–Trinajstić information content (AvgIpc) is 2.87. The fourth-order valence-corrected chi connectivity index (χ4v) is 4.07. The SMILES string of the molecule is CCOc1ccc(C(=O)CCC(O)(c2cc(C(C)(C)N)cc(-c3ccc(F)c(Cl)c3)n2)C(F)(F)F)cc1OC. The summed E-state index contributed by atoms with van der Waals surface area (Å²) in [5.74, 6) is -0.745. The molecule has 1 aromatic heterocycles. The summed E-state index contributed by atoms with van der Waals surface area (Å²) in [4.78, 5) is 17.0. The normalized spacial score (nSPS) is 13.6. The lowest BCUT2D eigenvalue weighted by molar-refractivity contribution is -0.270. The molecule has 210 valence electrons.